The molecule has 1 aliphatic carbocycles. The van der Waals surface area contributed by atoms with Crippen LogP contribution in [-0.2, 0) is 5.41 Å². The molecule has 0 spiro atoms. The smallest absolute Gasteiger partial charge is 0.0159 e. The van der Waals surface area contributed by atoms with Crippen LogP contribution < -0.4 is 0 Å². The highest BCUT2D eigenvalue weighted by Crippen LogP contribution is 2.53. The van der Waals surface area contributed by atoms with Crippen molar-refractivity contribution in [3.63, 3.8) is 0 Å². The fourth-order valence-electron chi connectivity index (χ4n) is 9.52. The van der Waals surface area contributed by atoms with Crippen molar-refractivity contribution in [3.05, 3.63) is 193 Å². The maximum atomic E-state index is 2.41. The van der Waals surface area contributed by atoms with Gasteiger partial charge in [-0.25, -0.2) is 0 Å². The van der Waals surface area contributed by atoms with Crippen molar-refractivity contribution < 1.29 is 0 Å². The number of fused-ring (bicyclic) bond motifs is 9. The third kappa shape index (κ3) is 4.36. The molecule has 0 radical (unpaired) electrons. The zero-order chi connectivity index (χ0) is 35.3. The highest BCUT2D eigenvalue weighted by molar-refractivity contribution is 6.25. The summed E-state index contributed by atoms with van der Waals surface area (Å²) in [5.41, 5.74) is 13.1. The van der Waals surface area contributed by atoms with Gasteiger partial charge in [-0.1, -0.05) is 178 Å². The van der Waals surface area contributed by atoms with E-state index in [0.717, 1.165) is 0 Å². The summed E-state index contributed by atoms with van der Waals surface area (Å²) < 4.78 is 0. The minimum atomic E-state index is -0.0689. The van der Waals surface area contributed by atoms with Crippen molar-refractivity contribution in [2.24, 2.45) is 0 Å². The van der Waals surface area contributed by atoms with Crippen LogP contribution >= 0.6 is 0 Å². The molecule has 0 heteroatoms. The summed E-state index contributed by atoms with van der Waals surface area (Å²) in [6, 6.07) is 67.9. The first-order valence-electron chi connectivity index (χ1n) is 18.7. The second-order valence-corrected chi connectivity index (χ2v) is 15.2. The quantitative estimate of drug-likeness (QED) is 0.129. The Bertz CT molecular complexity index is 3060. The Morgan fingerprint density at radius 2 is 0.774 bits per heavy atom. The SMILES string of the molecule is CC1(C)c2cc3ccccc3cc2-c2c(-c3ccc(-c4c5ccccc5c(-c5cc6ccccc6c6ccccc56)c5ccccc45)cc3)cccc21. The zero-order valence-corrected chi connectivity index (χ0v) is 29.8. The second kappa shape index (κ2) is 11.2. The number of benzene rings is 10. The van der Waals surface area contributed by atoms with Crippen molar-refractivity contribution in [2.75, 3.05) is 0 Å². The van der Waals surface area contributed by atoms with Crippen LogP contribution in [0, 0.1) is 0 Å². The molecule has 0 amide bonds. The third-order valence-electron chi connectivity index (χ3n) is 12.0. The van der Waals surface area contributed by atoms with E-state index in [1.807, 2.05) is 0 Å². The number of hydrogen-bond donors (Lipinski definition) is 0. The average Bonchev–Trinajstić information content (AvgIpc) is 3.44. The lowest BCUT2D eigenvalue weighted by molar-refractivity contribution is 0.661. The van der Waals surface area contributed by atoms with Crippen LogP contribution in [0.4, 0.5) is 0 Å². The zero-order valence-electron chi connectivity index (χ0n) is 29.8. The van der Waals surface area contributed by atoms with E-state index in [9.17, 15) is 0 Å². The Morgan fingerprint density at radius 1 is 0.283 bits per heavy atom. The van der Waals surface area contributed by atoms with Gasteiger partial charge < -0.3 is 0 Å². The van der Waals surface area contributed by atoms with Crippen LogP contribution in [0.5, 0.6) is 0 Å². The molecule has 53 heavy (non-hydrogen) atoms. The van der Waals surface area contributed by atoms with Gasteiger partial charge in [-0.15, -0.1) is 0 Å². The van der Waals surface area contributed by atoms with E-state index < -0.39 is 0 Å². The van der Waals surface area contributed by atoms with Gasteiger partial charge in [-0.3, -0.25) is 0 Å². The monoisotopic (exact) mass is 672 g/mol. The first kappa shape index (κ1) is 30.2. The van der Waals surface area contributed by atoms with Crippen LogP contribution in [0.3, 0.4) is 0 Å². The molecule has 0 nitrogen and oxygen atoms in total. The highest BCUT2D eigenvalue weighted by atomic mass is 14.4. The van der Waals surface area contributed by atoms with Gasteiger partial charge in [-0.05, 0) is 128 Å². The molecule has 0 unspecified atom stereocenters. The van der Waals surface area contributed by atoms with Gasteiger partial charge in [0, 0.05) is 5.41 Å². The van der Waals surface area contributed by atoms with Gasteiger partial charge in [0.15, 0.2) is 0 Å². The van der Waals surface area contributed by atoms with Gasteiger partial charge in [0.2, 0.25) is 0 Å². The molecule has 0 bridgehead atoms. The minimum absolute atomic E-state index is 0.0689. The van der Waals surface area contributed by atoms with Crippen LogP contribution in [0.2, 0.25) is 0 Å². The van der Waals surface area contributed by atoms with E-state index in [1.165, 1.54) is 109 Å². The number of hydrogen-bond acceptors (Lipinski definition) is 0. The summed E-state index contributed by atoms with van der Waals surface area (Å²) in [7, 11) is 0. The van der Waals surface area contributed by atoms with E-state index in [4.69, 9.17) is 0 Å². The summed E-state index contributed by atoms with van der Waals surface area (Å²) in [5.74, 6) is 0. The molecule has 248 valence electrons. The summed E-state index contributed by atoms with van der Waals surface area (Å²) >= 11 is 0. The van der Waals surface area contributed by atoms with E-state index in [0.29, 0.717) is 0 Å². The predicted octanol–water partition coefficient (Wildman–Crippen LogP) is 14.8. The van der Waals surface area contributed by atoms with E-state index in [-0.39, 0.29) is 5.41 Å². The molecule has 0 aliphatic heterocycles. The summed E-state index contributed by atoms with van der Waals surface area (Å²) in [6.07, 6.45) is 0. The molecule has 0 heterocycles. The molecule has 10 aromatic rings. The lowest BCUT2D eigenvalue weighted by Crippen LogP contribution is -2.14. The normalized spacial score (nSPS) is 13.2. The van der Waals surface area contributed by atoms with E-state index >= 15 is 0 Å². The number of rotatable bonds is 3. The lowest BCUT2D eigenvalue weighted by Gasteiger charge is -2.22. The Hall–Kier alpha value is -6.50. The van der Waals surface area contributed by atoms with Gasteiger partial charge in [0.25, 0.3) is 0 Å². The molecule has 10 aromatic carbocycles. The maximum absolute atomic E-state index is 2.41. The fourth-order valence-corrected chi connectivity index (χ4v) is 9.52. The maximum Gasteiger partial charge on any atom is 0.0159 e. The molecular formula is C53H36. The summed E-state index contributed by atoms with van der Waals surface area (Å²) in [4.78, 5) is 0. The lowest BCUT2D eigenvalue weighted by atomic mass is 9.81. The Kier molecular flexibility index (Phi) is 6.40. The first-order chi connectivity index (χ1) is 26.1. The predicted molar refractivity (Wildman–Crippen MR) is 228 cm³/mol. The van der Waals surface area contributed by atoms with Crippen LogP contribution in [0.15, 0.2) is 182 Å². The van der Waals surface area contributed by atoms with Crippen LogP contribution in [0.1, 0.15) is 25.0 Å². The van der Waals surface area contributed by atoms with Crippen molar-refractivity contribution in [2.45, 2.75) is 19.3 Å². The topological polar surface area (TPSA) is 0 Å². The van der Waals surface area contributed by atoms with Gasteiger partial charge >= 0.3 is 0 Å². The highest BCUT2D eigenvalue weighted by Gasteiger charge is 2.37. The Balaban J connectivity index is 1.12. The molecule has 1 aliphatic rings. The molecule has 0 aromatic heterocycles. The second-order valence-electron chi connectivity index (χ2n) is 15.2. The van der Waals surface area contributed by atoms with Crippen LogP contribution in [0.25, 0.3) is 98.4 Å². The Labute approximate surface area is 309 Å². The molecular weight excluding hydrogens is 637 g/mol. The average molecular weight is 673 g/mol. The van der Waals surface area contributed by atoms with E-state index in [1.54, 1.807) is 0 Å². The fraction of sp³-hybridized carbons (Fsp3) is 0.0566. The van der Waals surface area contributed by atoms with Crippen LogP contribution in [-0.4, -0.2) is 0 Å². The van der Waals surface area contributed by atoms with E-state index in [2.05, 4.69) is 196 Å². The largest absolute Gasteiger partial charge is 0.0616 e. The molecule has 11 rings (SSSR count). The first-order valence-corrected chi connectivity index (χ1v) is 18.7. The van der Waals surface area contributed by atoms with Gasteiger partial charge in [0.1, 0.15) is 0 Å². The van der Waals surface area contributed by atoms with Crippen molar-refractivity contribution in [1.82, 2.24) is 0 Å². The summed E-state index contributed by atoms with van der Waals surface area (Å²) in [6.45, 7) is 4.75. The standard InChI is InChI=1S/C53H36/c1-53(2)48-25-13-24-39(52(48)47-30-35-14-3-4-15-36(35)32-49(47)53)33-26-28-34(29-27-33)50-42-20-9-11-22-44(42)51(45-23-12-10-21-43(45)50)46-31-37-16-5-6-17-38(37)40-18-7-8-19-41(40)46/h3-32H,1-2H3. The molecule has 0 saturated carbocycles. The Morgan fingerprint density at radius 3 is 1.43 bits per heavy atom. The molecule has 0 saturated heterocycles. The minimum Gasteiger partial charge on any atom is -0.0616 e. The molecule has 0 fully saturated rings. The third-order valence-corrected chi connectivity index (χ3v) is 12.0. The molecule has 0 N–H and O–H groups in total. The van der Waals surface area contributed by atoms with Crippen molar-refractivity contribution >= 4 is 53.9 Å². The van der Waals surface area contributed by atoms with Crippen molar-refractivity contribution in [1.29, 1.82) is 0 Å². The summed E-state index contributed by atoms with van der Waals surface area (Å²) in [5, 5.41) is 12.8. The molecule has 0 atom stereocenters. The van der Waals surface area contributed by atoms with Crippen molar-refractivity contribution in [3.8, 4) is 44.5 Å². The van der Waals surface area contributed by atoms with Gasteiger partial charge in [0.05, 0.1) is 0 Å². The van der Waals surface area contributed by atoms with Gasteiger partial charge in [-0.2, -0.15) is 0 Å².